The Morgan fingerprint density at radius 1 is 1.33 bits per heavy atom. The van der Waals surface area contributed by atoms with Gasteiger partial charge >= 0.3 is 94.8 Å². The Bertz CT molecular complexity index is 445. The van der Waals surface area contributed by atoms with E-state index in [1.165, 1.54) is 24.9 Å². The van der Waals surface area contributed by atoms with Crippen molar-refractivity contribution in [3.05, 3.63) is 18.2 Å². The van der Waals surface area contributed by atoms with Crippen LogP contribution in [-0.2, 0) is 0 Å². The summed E-state index contributed by atoms with van der Waals surface area (Å²) in [4.78, 5) is 0. The monoisotopic (exact) mass is 267 g/mol. The molecule has 1 fully saturated rings. The maximum atomic E-state index is 4.45. The molecule has 4 heteroatoms. The second kappa shape index (κ2) is 3.95. The van der Waals surface area contributed by atoms with Crippen LogP contribution in [0.3, 0.4) is 0 Å². The van der Waals surface area contributed by atoms with Crippen molar-refractivity contribution in [3.8, 4) is 0 Å². The van der Waals surface area contributed by atoms with Crippen molar-refractivity contribution in [3.63, 3.8) is 0 Å². The Labute approximate surface area is 95.0 Å². The molecule has 1 aliphatic carbocycles. The zero-order valence-corrected chi connectivity index (χ0v) is 10.2. The third-order valence-electron chi connectivity index (χ3n) is 3.09. The molecule has 1 saturated carbocycles. The van der Waals surface area contributed by atoms with Gasteiger partial charge in [0, 0.05) is 0 Å². The number of anilines is 1. The summed E-state index contributed by atoms with van der Waals surface area (Å²) in [5, 5.41) is 3.50. The van der Waals surface area contributed by atoms with E-state index in [9.17, 15) is 0 Å². The van der Waals surface area contributed by atoms with Crippen LogP contribution < -0.4 is 5.32 Å². The summed E-state index contributed by atoms with van der Waals surface area (Å²) in [5.41, 5.74) is 3.31. The second-order valence-corrected chi connectivity index (χ2v) is 5.22. The molecule has 2 aliphatic rings. The van der Waals surface area contributed by atoms with Gasteiger partial charge in [-0.25, -0.2) is 0 Å². The van der Waals surface area contributed by atoms with Crippen molar-refractivity contribution in [1.82, 2.24) is 0 Å². The minimum absolute atomic E-state index is 0.0799. The Balaban J connectivity index is 1.75. The number of nitrogens with zero attached hydrogens (tertiary/aromatic N) is 2. The van der Waals surface area contributed by atoms with Gasteiger partial charge in [0.1, 0.15) is 0 Å². The van der Waals surface area contributed by atoms with E-state index in [-0.39, 0.29) is 14.6 Å². The molecule has 0 bridgehead atoms. The van der Waals surface area contributed by atoms with Gasteiger partial charge in [-0.15, -0.1) is 0 Å². The van der Waals surface area contributed by atoms with Crippen molar-refractivity contribution in [2.75, 3.05) is 11.9 Å². The van der Waals surface area contributed by atoms with Gasteiger partial charge in [0.25, 0.3) is 0 Å². The molecular weight excluding hydrogens is 253 g/mol. The standard InChI is InChI=1S/C11H13N3Se/c1-3-8(4-1)7-12-9-5-2-6-10-11(9)14-15-13-10/h2,5-6,8,12H,1,3-4,7H2. The van der Waals surface area contributed by atoms with Crippen molar-refractivity contribution in [2.45, 2.75) is 19.3 Å². The summed E-state index contributed by atoms with van der Waals surface area (Å²) in [6, 6.07) is 6.21. The number of hydrogen-bond donors (Lipinski definition) is 1. The molecule has 0 atom stereocenters. The van der Waals surface area contributed by atoms with Crippen molar-refractivity contribution < 1.29 is 0 Å². The maximum absolute atomic E-state index is 4.45. The van der Waals surface area contributed by atoms with E-state index in [1.807, 2.05) is 6.07 Å². The summed E-state index contributed by atoms with van der Waals surface area (Å²) < 4.78 is 8.83. The predicted molar refractivity (Wildman–Crippen MR) is 62.2 cm³/mol. The van der Waals surface area contributed by atoms with E-state index in [1.54, 1.807) is 0 Å². The summed E-state index contributed by atoms with van der Waals surface area (Å²) in [6.07, 6.45) is 4.17. The number of benzene rings is 1. The molecule has 0 spiro atoms. The van der Waals surface area contributed by atoms with Crippen LogP contribution >= 0.6 is 0 Å². The van der Waals surface area contributed by atoms with Crippen molar-refractivity contribution in [2.24, 2.45) is 13.8 Å². The molecule has 1 aromatic carbocycles. The van der Waals surface area contributed by atoms with Gasteiger partial charge in [0.15, 0.2) is 0 Å². The normalized spacial score (nSPS) is 18.1. The Morgan fingerprint density at radius 3 is 3.07 bits per heavy atom. The summed E-state index contributed by atoms with van der Waals surface area (Å²) in [6.45, 7) is 1.10. The molecule has 0 unspecified atom stereocenters. The van der Waals surface area contributed by atoms with E-state index in [2.05, 4.69) is 25.4 Å². The first-order valence-corrected chi connectivity index (χ1v) is 6.92. The van der Waals surface area contributed by atoms with Crippen LogP contribution in [0.1, 0.15) is 19.3 Å². The van der Waals surface area contributed by atoms with Gasteiger partial charge in [-0.3, -0.25) is 0 Å². The predicted octanol–water partition coefficient (Wildman–Crippen LogP) is 3.25. The van der Waals surface area contributed by atoms with E-state index >= 15 is 0 Å². The molecule has 0 aromatic heterocycles. The second-order valence-electron chi connectivity index (χ2n) is 4.12. The molecule has 1 aromatic rings. The van der Waals surface area contributed by atoms with Gasteiger partial charge in [-0.05, 0) is 0 Å². The molecule has 1 N–H and O–H groups in total. The topological polar surface area (TPSA) is 36.8 Å². The van der Waals surface area contributed by atoms with E-state index in [0.29, 0.717) is 0 Å². The van der Waals surface area contributed by atoms with Crippen LogP contribution in [-0.4, -0.2) is 21.1 Å². The fourth-order valence-corrected chi connectivity index (χ4v) is 3.05. The molecule has 15 heavy (non-hydrogen) atoms. The van der Waals surface area contributed by atoms with E-state index < -0.39 is 0 Å². The molecule has 3 nitrogen and oxygen atoms in total. The third kappa shape index (κ3) is 1.79. The number of nitrogens with one attached hydrogen (secondary N) is 1. The minimum atomic E-state index is 0.0799. The SMILES string of the molecule is c1cc2c(c(NCC3CCC3)c1)N=[Se]=N2. The van der Waals surface area contributed by atoms with Crippen molar-refractivity contribution in [1.29, 1.82) is 0 Å². The molecule has 3 rings (SSSR count). The molecule has 0 saturated heterocycles. The number of fused-ring (bicyclic) bond motifs is 1. The van der Waals surface area contributed by atoms with Crippen LogP contribution in [0.15, 0.2) is 26.1 Å². The fraction of sp³-hybridized carbons (Fsp3) is 0.455. The van der Waals surface area contributed by atoms with E-state index in [0.717, 1.165) is 23.8 Å². The molecule has 0 amide bonds. The van der Waals surface area contributed by atoms with Gasteiger partial charge in [0.2, 0.25) is 0 Å². The van der Waals surface area contributed by atoms with Gasteiger partial charge in [-0.2, -0.15) is 0 Å². The zero-order chi connectivity index (χ0) is 10.1. The third-order valence-corrected chi connectivity index (χ3v) is 4.23. The quantitative estimate of drug-likeness (QED) is 0.851. The first kappa shape index (κ1) is 9.37. The Morgan fingerprint density at radius 2 is 2.27 bits per heavy atom. The van der Waals surface area contributed by atoms with Crippen molar-refractivity contribution >= 4 is 31.6 Å². The van der Waals surface area contributed by atoms with Crippen LogP contribution in [0.2, 0.25) is 0 Å². The average molecular weight is 266 g/mol. The van der Waals surface area contributed by atoms with Gasteiger partial charge < -0.3 is 0 Å². The zero-order valence-electron chi connectivity index (χ0n) is 8.44. The number of rotatable bonds is 3. The average Bonchev–Trinajstić information content (AvgIpc) is 2.63. The fourth-order valence-electron chi connectivity index (χ4n) is 1.90. The molecule has 78 valence electrons. The molecule has 1 heterocycles. The van der Waals surface area contributed by atoms with Crippen LogP contribution in [0.5, 0.6) is 0 Å². The molecular formula is C11H13N3Se. The Kier molecular flexibility index (Phi) is 2.47. The molecule has 0 radical (unpaired) electrons. The summed E-state index contributed by atoms with van der Waals surface area (Å²) in [7, 11) is 0. The van der Waals surface area contributed by atoms with Gasteiger partial charge in [0.05, 0.1) is 0 Å². The van der Waals surface area contributed by atoms with Gasteiger partial charge in [-0.1, -0.05) is 0 Å². The van der Waals surface area contributed by atoms with Crippen LogP contribution in [0.4, 0.5) is 17.1 Å². The number of hydrogen-bond acceptors (Lipinski definition) is 3. The van der Waals surface area contributed by atoms with Crippen LogP contribution in [0, 0.1) is 5.92 Å². The Hall–Kier alpha value is -0.861. The first-order chi connectivity index (χ1) is 7.43. The molecule has 1 aliphatic heterocycles. The van der Waals surface area contributed by atoms with Crippen LogP contribution in [0.25, 0.3) is 0 Å². The summed E-state index contributed by atoms with van der Waals surface area (Å²) >= 11 is 0.0799. The first-order valence-electron chi connectivity index (χ1n) is 5.38. The van der Waals surface area contributed by atoms with E-state index in [4.69, 9.17) is 0 Å². The summed E-state index contributed by atoms with van der Waals surface area (Å²) in [5.74, 6) is 0.879.